The van der Waals surface area contributed by atoms with Gasteiger partial charge in [0.15, 0.2) is 0 Å². The van der Waals surface area contributed by atoms with Crippen molar-refractivity contribution in [3.8, 4) is 0 Å². The molecule has 0 bridgehead atoms. The van der Waals surface area contributed by atoms with Crippen molar-refractivity contribution in [3.63, 3.8) is 0 Å². The van der Waals surface area contributed by atoms with Gasteiger partial charge in [-0.15, -0.1) is 0 Å². The molecule has 0 radical (unpaired) electrons. The summed E-state index contributed by atoms with van der Waals surface area (Å²) >= 11 is 0. The molecule has 0 aliphatic heterocycles. The van der Waals surface area contributed by atoms with Crippen molar-refractivity contribution in [3.05, 3.63) is 30.1 Å². The van der Waals surface area contributed by atoms with Gasteiger partial charge in [0.25, 0.3) is 0 Å². The van der Waals surface area contributed by atoms with Crippen LogP contribution in [-0.2, 0) is 0 Å². The highest BCUT2D eigenvalue weighted by atomic mass is 14.8. The molecule has 1 aromatic rings. The van der Waals surface area contributed by atoms with Gasteiger partial charge in [-0.1, -0.05) is 13.8 Å². The van der Waals surface area contributed by atoms with Crippen LogP contribution in [0.15, 0.2) is 29.5 Å². The molecule has 0 fully saturated rings. The van der Waals surface area contributed by atoms with E-state index in [0.717, 1.165) is 24.0 Å². The second kappa shape index (κ2) is 6.19. The molecule has 0 aromatic carbocycles. The number of anilines is 1. The number of hydrogen-bond donors (Lipinski definition) is 2. The molecule has 98 valence electrons. The van der Waals surface area contributed by atoms with Gasteiger partial charge in [0.2, 0.25) is 0 Å². The molecule has 0 saturated carbocycles. The molecule has 0 amide bonds. The van der Waals surface area contributed by atoms with E-state index >= 15 is 0 Å². The van der Waals surface area contributed by atoms with Crippen molar-refractivity contribution in [2.75, 3.05) is 5.73 Å². The number of allylic oxidation sites excluding steroid dienone is 1. The number of rotatable bonds is 5. The van der Waals surface area contributed by atoms with Gasteiger partial charge in [-0.2, -0.15) is 0 Å². The van der Waals surface area contributed by atoms with Crippen molar-refractivity contribution in [1.82, 2.24) is 4.98 Å². The summed E-state index contributed by atoms with van der Waals surface area (Å²) in [5.74, 6) is 0.481. The second-order valence-electron chi connectivity index (χ2n) is 4.55. The Morgan fingerprint density at radius 1 is 1.44 bits per heavy atom. The summed E-state index contributed by atoms with van der Waals surface area (Å²) < 4.78 is 0. The average Bonchev–Trinajstić information content (AvgIpc) is 2.39. The van der Waals surface area contributed by atoms with Gasteiger partial charge in [0.05, 0.1) is 5.54 Å². The molecule has 18 heavy (non-hydrogen) atoms. The van der Waals surface area contributed by atoms with Gasteiger partial charge in [-0.25, -0.2) is 4.98 Å². The van der Waals surface area contributed by atoms with Gasteiger partial charge in [-0.05, 0) is 37.5 Å². The van der Waals surface area contributed by atoms with Crippen LogP contribution in [0.2, 0.25) is 0 Å². The normalized spacial score (nSPS) is 13.2. The minimum absolute atomic E-state index is 0.0349. The van der Waals surface area contributed by atoms with Crippen LogP contribution >= 0.6 is 0 Å². The molecule has 0 atom stereocenters. The lowest BCUT2D eigenvalue weighted by Crippen LogP contribution is -2.19. The molecule has 0 aliphatic rings. The first-order valence-electron chi connectivity index (χ1n) is 6.23. The Hall–Kier alpha value is -1.84. The minimum Gasteiger partial charge on any atom is -0.404 e. The molecule has 0 unspecified atom stereocenters. The van der Waals surface area contributed by atoms with Crippen molar-refractivity contribution in [2.24, 2.45) is 10.7 Å². The van der Waals surface area contributed by atoms with E-state index in [-0.39, 0.29) is 5.54 Å². The third kappa shape index (κ3) is 3.58. The Bertz CT molecular complexity index is 445. The van der Waals surface area contributed by atoms with Crippen molar-refractivity contribution < 1.29 is 0 Å². The van der Waals surface area contributed by atoms with E-state index in [9.17, 15) is 0 Å². The molecule has 4 N–H and O–H groups in total. The second-order valence-corrected chi connectivity index (χ2v) is 4.55. The first-order valence-corrected chi connectivity index (χ1v) is 6.23. The fourth-order valence-corrected chi connectivity index (χ4v) is 1.50. The summed E-state index contributed by atoms with van der Waals surface area (Å²) in [6.07, 6.45) is 7.03. The lowest BCUT2D eigenvalue weighted by atomic mass is 9.96. The lowest BCUT2D eigenvalue weighted by Gasteiger charge is -2.21. The first kappa shape index (κ1) is 14.2. The zero-order chi connectivity index (χ0) is 13.6. The third-order valence-electron chi connectivity index (χ3n) is 3.33. The van der Waals surface area contributed by atoms with Gasteiger partial charge < -0.3 is 11.5 Å². The highest BCUT2D eigenvalue weighted by Crippen LogP contribution is 2.20. The Kier molecular flexibility index (Phi) is 4.89. The Morgan fingerprint density at radius 3 is 2.61 bits per heavy atom. The molecule has 1 heterocycles. The molecule has 0 saturated heterocycles. The minimum atomic E-state index is -0.0349. The predicted octanol–water partition coefficient (Wildman–Crippen LogP) is 2.61. The summed E-state index contributed by atoms with van der Waals surface area (Å²) in [5, 5.41) is 0. The number of aromatic nitrogens is 1. The van der Waals surface area contributed by atoms with Crippen molar-refractivity contribution >= 4 is 17.6 Å². The Morgan fingerprint density at radius 2 is 2.11 bits per heavy atom. The van der Waals surface area contributed by atoms with E-state index < -0.39 is 0 Å². The van der Waals surface area contributed by atoms with E-state index in [1.54, 1.807) is 18.5 Å². The number of nitrogens with two attached hydrogens (primary N) is 2. The topological polar surface area (TPSA) is 77.3 Å². The van der Waals surface area contributed by atoms with Crippen LogP contribution in [0, 0.1) is 0 Å². The Labute approximate surface area is 109 Å². The summed E-state index contributed by atoms with van der Waals surface area (Å²) in [6.45, 7) is 6.41. The molecular weight excluding hydrogens is 224 g/mol. The molecule has 1 aromatic heterocycles. The molecule has 4 heteroatoms. The van der Waals surface area contributed by atoms with Gasteiger partial charge in [0, 0.05) is 24.2 Å². The monoisotopic (exact) mass is 246 g/mol. The first-order chi connectivity index (χ1) is 8.54. The quantitative estimate of drug-likeness (QED) is 0.784. The van der Waals surface area contributed by atoms with Crippen LogP contribution in [0.3, 0.4) is 0 Å². The zero-order valence-corrected chi connectivity index (χ0v) is 11.4. The van der Waals surface area contributed by atoms with E-state index in [0.29, 0.717) is 5.82 Å². The molecular formula is C14H22N4. The third-order valence-corrected chi connectivity index (χ3v) is 3.33. The molecule has 0 aliphatic carbocycles. The zero-order valence-electron chi connectivity index (χ0n) is 11.4. The van der Waals surface area contributed by atoms with Crippen molar-refractivity contribution in [1.29, 1.82) is 0 Å². The smallest absolute Gasteiger partial charge is 0.123 e. The van der Waals surface area contributed by atoms with Gasteiger partial charge >= 0.3 is 0 Å². The van der Waals surface area contributed by atoms with Gasteiger partial charge in [-0.3, -0.25) is 4.99 Å². The van der Waals surface area contributed by atoms with Crippen LogP contribution in [-0.4, -0.2) is 16.7 Å². The number of nitrogen functional groups attached to an aromatic ring is 1. The predicted molar refractivity (Wildman–Crippen MR) is 78.3 cm³/mol. The number of aliphatic imine (C=N–C) groups is 1. The maximum atomic E-state index is 5.66. The SMILES string of the molecule is CCC(C)(CC)N=C/C(=C\N)c1ccnc(N)c1. The summed E-state index contributed by atoms with van der Waals surface area (Å²) in [4.78, 5) is 8.60. The standard InChI is InChI=1S/C14H22N4/c1-4-14(3,5-2)18-10-12(9-15)11-6-7-17-13(16)8-11/h6-10H,4-5,15H2,1-3H3,(H2,16,17)/b12-9+,18-10?. The molecule has 1 rings (SSSR count). The van der Waals surface area contributed by atoms with E-state index in [2.05, 4.69) is 30.7 Å². The van der Waals surface area contributed by atoms with Gasteiger partial charge in [0.1, 0.15) is 5.82 Å². The maximum absolute atomic E-state index is 5.66. The van der Waals surface area contributed by atoms with Crippen LogP contribution in [0.25, 0.3) is 5.57 Å². The van der Waals surface area contributed by atoms with Crippen molar-refractivity contribution in [2.45, 2.75) is 39.2 Å². The summed E-state index contributed by atoms with van der Waals surface area (Å²) in [7, 11) is 0. The summed E-state index contributed by atoms with van der Waals surface area (Å²) in [5.41, 5.74) is 13.1. The number of nitrogens with zero attached hydrogens (tertiary/aromatic N) is 2. The van der Waals surface area contributed by atoms with Crippen LogP contribution in [0.1, 0.15) is 39.2 Å². The number of pyridine rings is 1. The van der Waals surface area contributed by atoms with E-state index in [4.69, 9.17) is 11.5 Å². The van der Waals surface area contributed by atoms with Crippen LogP contribution in [0.5, 0.6) is 0 Å². The maximum Gasteiger partial charge on any atom is 0.123 e. The highest BCUT2D eigenvalue weighted by Gasteiger charge is 2.16. The molecule has 4 nitrogen and oxygen atoms in total. The number of hydrogen-bond acceptors (Lipinski definition) is 4. The fourth-order valence-electron chi connectivity index (χ4n) is 1.50. The lowest BCUT2D eigenvalue weighted by molar-refractivity contribution is 0.443. The summed E-state index contributed by atoms with van der Waals surface area (Å²) in [6, 6.07) is 3.66. The van der Waals surface area contributed by atoms with Crippen LogP contribution < -0.4 is 11.5 Å². The largest absolute Gasteiger partial charge is 0.404 e. The molecule has 0 spiro atoms. The van der Waals surface area contributed by atoms with E-state index in [1.165, 1.54) is 0 Å². The van der Waals surface area contributed by atoms with E-state index in [1.807, 2.05) is 12.3 Å². The fraction of sp³-hybridized carbons (Fsp3) is 0.429. The van der Waals surface area contributed by atoms with Crippen LogP contribution in [0.4, 0.5) is 5.82 Å². The average molecular weight is 246 g/mol. The Balaban J connectivity index is 2.97. The highest BCUT2D eigenvalue weighted by molar-refractivity contribution is 6.09.